The first kappa shape index (κ1) is 19.3. The molecule has 0 aliphatic carbocycles. The van der Waals surface area contributed by atoms with Crippen LogP contribution in [0.3, 0.4) is 0 Å². The second kappa shape index (κ2) is 7.63. The number of hydrogen-bond acceptors (Lipinski definition) is 5. The topological polar surface area (TPSA) is 90.0 Å². The highest BCUT2D eigenvalue weighted by molar-refractivity contribution is 9.10. The summed E-state index contributed by atoms with van der Waals surface area (Å²) in [6, 6.07) is 5.80. The summed E-state index contributed by atoms with van der Waals surface area (Å²) in [7, 11) is -3.56. The Morgan fingerprint density at radius 3 is 2.46 bits per heavy atom. The van der Waals surface area contributed by atoms with E-state index in [2.05, 4.69) is 21.2 Å². The Morgan fingerprint density at radius 1 is 1.19 bits per heavy atom. The van der Waals surface area contributed by atoms with Crippen molar-refractivity contribution in [2.75, 3.05) is 39.3 Å². The minimum Gasteiger partial charge on any atom is -0.336 e. The number of piperazine rings is 1. The molecule has 2 aliphatic rings. The molecule has 1 aromatic carbocycles. The molecule has 1 aromatic rings. The molecule has 0 aromatic heterocycles. The van der Waals surface area contributed by atoms with E-state index in [4.69, 9.17) is 0 Å². The standard InChI is InChI=1S/C16H21BrN4O4S/c1-12(15(22)21-6-5-18-16(21)23)19-7-9-20(10-8-19)26(24,25)14-4-2-3-13(17)11-14/h2-4,11-12H,5-10H2,1H3,(H,18,23). The highest BCUT2D eigenvalue weighted by atomic mass is 79.9. The summed E-state index contributed by atoms with van der Waals surface area (Å²) in [5.74, 6) is -0.247. The van der Waals surface area contributed by atoms with Gasteiger partial charge in [-0.1, -0.05) is 22.0 Å². The van der Waals surface area contributed by atoms with Crippen LogP contribution in [0.15, 0.2) is 33.6 Å². The van der Waals surface area contributed by atoms with E-state index < -0.39 is 16.1 Å². The number of carbonyl (C=O) groups is 2. The molecule has 1 unspecified atom stereocenters. The Kier molecular flexibility index (Phi) is 5.66. The fourth-order valence-electron chi connectivity index (χ4n) is 3.17. The first-order valence-electron chi connectivity index (χ1n) is 8.39. The van der Waals surface area contributed by atoms with Gasteiger partial charge in [0.25, 0.3) is 0 Å². The third-order valence-electron chi connectivity index (χ3n) is 4.74. The summed E-state index contributed by atoms with van der Waals surface area (Å²) in [4.78, 5) is 27.5. The first-order valence-corrected chi connectivity index (χ1v) is 10.6. The van der Waals surface area contributed by atoms with Crippen LogP contribution in [-0.4, -0.2) is 79.8 Å². The molecule has 2 aliphatic heterocycles. The van der Waals surface area contributed by atoms with Gasteiger partial charge in [-0.25, -0.2) is 13.2 Å². The fourth-order valence-corrected chi connectivity index (χ4v) is 5.19. The van der Waals surface area contributed by atoms with Crippen molar-refractivity contribution in [1.82, 2.24) is 19.4 Å². The Morgan fingerprint density at radius 2 is 1.88 bits per heavy atom. The number of nitrogens with one attached hydrogen (secondary N) is 1. The van der Waals surface area contributed by atoms with Crippen LogP contribution in [0.1, 0.15) is 6.92 Å². The van der Waals surface area contributed by atoms with Crippen LogP contribution in [0.2, 0.25) is 0 Å². The second-order valence-electron chi connectivity index (χ2n) is 6.30. The molecule has 26 heavy (non-hydrogen) atoms. The molecular formula is C16H21BrN4O4S. The van der Waals surface area contributed by atoms with Crippen LogP contribution < -0.4 is 5.32 Å². The molecule has 2 saturated heterocycles. The van der Waals surface area contributed by atoms with Gasteiger partial charge < -0.3 is 5.32 Å². The molecule has 0 spiro atoms. The minimum absolute atomic E-state index is 0.247. The van der Waals surface area contributed by atoms with Crippen molar-refractivity contribution < 1.29 is 18.0 Å². The zero-order valence-corrected chi connectivity index (χ0v) is 16.8. The van der Waals surface area contributed by atoms with Crippen molar-refractivity contribution >= 4 is 37.9 Å². The zero-order chi connectivity index (χ0) is 18.9. The predicted octanol–water partition coefficient (Wildman–Crippen LogP) is 0.696. The molecule has 2 heterocycles. The van der Waals surface area contributed by atoms with E-state index in [0.717, 1.165) is 0 Å². The first-order chi connectivity index (χ1) is 12.3. The maximum atomic E-state index is 12.8. The number of halogens is 1. The summed E-state index contributed by atoms with van der Waals surface area (Å²) < 4.78 is 27.7. The van der Waals surface area contributed by atoms with E-state index in [9.17, 15) is 18.0 Å². The fraction of sp³-hybridized carbons (Fsp3) is 0.500. The summed E-state index contributed by atoms with van der Waals surface area (Å²) >= 11 is 3.29. The van der Waals surface area contributed by atoms with E-state index in [-0.39, 0.29) is 16.8 Å². The summed E-state index contributed by atoms with van der Waals surface area (Å²) in [5.41, 5.74) is 0. The lowest BCUT2D eigenvalue weighted by Gasteiger charge is -2.37. The van der Waals surface area contributed by atoms with Gasteiger partial charge in [-0.3, -0.25) is 14.6 Å². The van der Waals surface area contributed by atoms with Crippen LogP contribution in [0.4, 0.5) is 4.79 Å². The van der Waals surface area contributed by atoms with Gasteiger partial charge in [0, 0.05) is 43.7 Å². The van der Waals surface area contributed by atoms with Gasteiger partial charge in [0.2, 0.25) is 15.9 Å². The minimum atomic E-state index is -3.56. The third kappa shape index (κ3) is 3.78. The number of imide groups is 1. The van der Waals surface area contributed by atoms with Crippen LogP contribution in [0.25, 0.3) is 0 Å². The largest absolute Gasteiger partial charge is 0.336 e. The predicted molar refractivity (Wildman–Crippen MR) is 99.0 cm³/mol. The monoisotopic (exact) mass is 444 g/mol. The third-order valence-corrected chi connectivity index (χ3v) is 7.12. The molecule has 3 amide bonds. The number of benzene rings is 1. The number of sulfonamides is 1. The van der Waals surface area contributed by atoms with E-state index >= 15 is 0 Å². The van der Waals surface area contributed by atoms with Crippen LogP contribution in [0, 0.1) is 0 Å². The highest BCUT2D eigenvalue weighted by Crippen LogP contribution is 2.22. The van der Waals surface area contributed by atoms with Crippen molar-refractivity contribution in [3.05, 3.63) is 28.7 Å². The Hall–Kier alpha value is -1.49. The van der Waals surface area contributed by atoms with Gasteiger partial charge in [-0.15, -0.1) is 0 Å². The lowest BCUT2D eigenvalue weighted by molar-refractivity contribution is -0.133. The van der Waals surface area contributed by atoms with E-state index in [0.29, 0.717) is 43.7 Å². The molecule has 1 atom stereocenters. The molecule has 0 saturated carbocycles. The van der Waals surface area contributed by atoms with Crippen molar-refractivity contribution in [2.45, 2.75) is 17.9 Å². The average Bonchev–Trinajstić information content (AvgIpc) is 3.06. The maximum Gasteiger partial charge on any atom is 0.324 e. The molecule has 2 fully saturated rings. The Balaban J connectivity index is 1.63. The quantitative estimate of drug-likeness (QED) is 0.737. The molecule has 8 nitrogen and oxygen atoms in total. The second-order valence-corrected chi connectivity index (χ2v) is 9.15. The average molecular weight is 445 g/mol. The number of nitrogens with zero attached hydrogens (tertiary/aromatic N) is 3. The van der Waals surface area contributed by atoms with Gasteiger partial charge in [0.1, 0.15) is 0 Å². The lowest BCUT2D eigenvalue weighted by Crippen LogP contribution is -2.55. The SMILES string of the molecule is CC(C(=O)N1CCNC1=O)N1CCN(S(=O)(=O)c2cccc(Br)c2)CC1. The van der Waals surface area contributed by atoms with E-state index in [1.54, 1.807) is 31.2 Å². The number of carbonyl (C=O) groups excluding carboxylic acids is 2. The summed E-state index contributed by atoms with van der Waals surface area (Å²) in [6.07, 6.45) is 0. The van der Waals surface area contributed by atoms with Crippen LogP contribution >= 0.6 is 15.9 Å². The molecule has 1 N–H and O–H groups in total. The highest BCUT2D eigenvalue weighted by Gasteiger charge is 2.35. The van der Waals surface area contributed by atoms with Crippen LogP contribution in [-0.2, 0) is 14.8 Å². The number of urea groups is 1. The number of rotatable bonds is 4. The van der Waals surface area contributed by atoms with Gasteiger partial charge >= 0.3 is 6.03 Å². The Labute approximate surface area is 161 Å². The van der Waals surface area contributed by atoms with Gasteiger partial charge in [-0.05, 0) is 25.1 Å². The molecule has 142 valence electrons. The normalized spacial score (nSPS) is 20.8. The van der Waals surface area contributed by atoms with Crippen molar-refractivity contribution in [3.63, 3.8) is 0 Å². The zero-order valence-electron chi connectivity index (χ0n) is 14.4. The lowest BCUT2D eigenvalue weighted by atomic mass is 10.2. The van der Waals surface area contributed by atoms with E-state index in [1.165, 1.54) is 9.21 Å². The van der Waals surface area contributed by atoms with Crippen molar-refractivity contribution in [3.8, 4) is 0 Å². The van der Waals surface area contributed by atoms with Crippen LogP contribution in [0.5, 0.6) is 0 Å². The van der Waals surface area contributed by atoms with Crippen molar-refractivity contribution in [1.29, 1.82) is 0 Å². The van der Waals surface area contributed by atoms with Gasteiger partial charge in [-0.2, -0.15) is 4.31 Å². The van der Waals surface area contributed by atoms with Gasteiger partial charge in [0.15, 0.2) is 0 Å². The van der Waals surface area contributed by atoms with Crippen molar-refractivity contribution in [2.24, 2.45) is 0 Å². The number of amides is 3. The van der Waals surface area contributed by atoms with Gasteiger partial charge in [0.05, 0.1) is 10.9 Å². The molecule has 3 rings (SSSR count). The molecule has 10 heteroatoms. The molecule has 0 bridgehead atoms. The number of hydrogen-bond donors (Lipinski definition) is 1. The summed E-state index contributed by atoms with van der Waals surface area (Å²) in [5, 5.41) is 2.61. The Bertz CT molecular complexity index is 808. The molecular weight excluding hydrogens is 424 g/mol. The smallest absolute Gasteiger partial charge is 0.324 e. The molecule has 0 radical (unpaired) electrons. The van der Waals surface area contributed by atoms with E-state index in [1.807, 2.05) is 4.90 Å². The summed E-state index contributed by atoms with van der Waals surface area (Å²) in [6.45, 7) is 4.09. The maximum absolute atomic E-state index is 12.8.